The lowest BCUT2D eigenvalue weighted by Gasteiger charge is -1.89. The topological polar surface area (TPSA) is 50.1 Å². The Morgan fingerprint density at radius 3 is 3.00 bits per heavy atom. The predicted molar refractivity (Wildman–Crippen MR) is 31.1 cm³/mol. The first-order valence-electron chi connectivity index (χ1n) is 2.55. The number of carbonyl (C=O) groups excluding carboxylic acids is 1. The van der Waals surface area contributed by atoms with Gasteiger partial charge in [-0.05, 0) is 0 Å². The van der Waals surface area contributed by atoms with Crippen LogP contribution in [0.25, 0.3) is 0 Å². The molecule has 0 bridgehead atoms. The second-order valence-corrected chi connectivity index (χ2v) is 1.28. The molecule has 0 saturated heterocycles. The Morgan fingerprint density at radius 1 is 1.89 bits per heavy atom. The van der Waals surface area contributed by atoms with Gasteiger partial charge in [-0.2, -0.15) is 5.26 Å². The fourth-order valence-corrected chi connectivity index (χ4v) is 0.224. The van der Waals surface area contributed by atoms with Crippen molar-refractivity contribution in [2.75, 3.05) is 0 Å². The summed E-state index contributed by atoms with van der Waals surface area (Å²) in [5.74, 6) is -0.332. The number of ether oxygens (including phenoxy) is 1. The molecular weight excluding hydrogens is 118 g/mol. The van der Waals surface area contributed by atoms with Gasteiger partial charge in [-0.1, -0.05) is 6.92 Å². The molecule has 0 aromatic heterocycles. The summed E-state index contributed by atoms with van der Waals surface area (Å²) in [5.41, 5.74) is 0. The summed E-state index contributed by atoms with van der Waals surface area (Å²) in [6.07, 6.45) is 2.51. The summed E-state index contributed by atoms with van der Waals surface area (Å²) in [5, 5.41) is 7.92. The fraction of sp³-hybridized carbons (Fsp3) is 0.333. The van der Waals surface area contributed by atoms with E-state index in [4.69, 9.17) is 5.26 Å². The molecule has 0 N–H and O–H groups in total. The van der Waals surface area contributed by atoms with Gasteiger partial charge in [0.25, 0.3) is 0 Å². The average Bonchev–Trinajstić information content (AvgIpc) is 1.89. The molecule has 0 fully saturated rings. The lowest BCUT2D eigenvalue weighted by atomic mass is 10.5. The van der Waals surface area contributed by atoms with Crippen molar-refractivity contribution in [2.45, 2.75) is 13.3 Å². The summed E-state index contributed by atoms with van der Waals surface area (Å²) in [6.45, 7) is 1.68. The molecular formula is C6H7NO2. The minimum atomic E-state index is -0.332. The monoisotopic (exact) mass is 125 g/mol. The first-order valence-corrected chi connectivity index (χ1v) is 2.55. The van der Waals surface area contributed by atoms with E-state index in [0.29, 0.717) is 6.42 Å². The van der Waals surface area contributed by atoms with Gasteiger partial charge in [0.1, 0.15) is 6.26 Å². The smallest absolute Gasteiger partial charge is 0.310 e. The number of allylic oxidation sites excluding steroid dienone is 1. The molecule has 9 heavy (non-hydrogen) atoms. The number of carbonyl (C=O) groups is 1. The maximum Gasteiger partial charge on any atom is 0.310 e. The number of nitrogens with zero attached hydrogens (tertiary/aromatic N) is 1. The summed E-state index contributed by atoms with van der Waals surface area (Å²) in [6, 6.07) is 1.69. The van der Waals surface area contributed by atoms with Gasteiger partial charge in [0.2, 0.25) is 0 Å². The van der Waals surface area contributed by atoms with Gasteiger partial charge in [0.15, 0.2) is 0 Å². The summed E-state index contributed by atoms with van der Waals surface area (Å²) < 4.78 is 4.39. The number of hydrogen-bond acceptors (Lipinski definition) is 3. The quantitative estimate of drug-likeness (QED) is 0.314. The van der Waals surface area contributed by atoms with E-state index in [1.807, 2.05) is 0 Å². The van der Waals surface area contributed by atoms with E-state index in [1.165, 1.54) is 0 Å². The zero-order chi connectivity index (χ0) is 7.11. The van der Waals surface area contributed by atoms with Crippen molar-refractivity contribution in [3.63, 3.8) is 0 Å². The Hall–Kier alpha value is -1.30. The minimum absolute atomic E-state index is 0.329. The van der Waals surface area contributed by atoms with Crippen LogP contribution in [-0.4, -0.2) is 5.97 Å². The number of nitriles is 1. The zero-order valence-electron chi connectivity index (χ0n) is 5.13. The number of esters is 1. The van der Waals surface area contributed by atoms with Crippen LogP contribution < -0.4 is 0 Å². The first-order chi connectivity index (χ1) is 4.31. The Balaban J connectivity index is 3.41. The van der Waals surface area contributed by atoms with E-state index in [0.717, 1.165) is 12.3 Å². The Bertz CT molecular complexity index is 155. The molecule has 0 heterocycles. The maximum atomic E-state index is 10.3. The first kappa shape index (κ1) is 7.70. The highest BCUT2D eigenvalue weighted by molar-refractivity contribution is 5.69. The van der Waals surface area contributed by atoms with Crippen molar-refractivity contribution >= 4 is 5.97 Å². The fourth-order valence-electron chi connectivity index (χ4n) is 0.224. The highest BCUT2D eigenvalue weighted by Gasteiger charge is 1.91. The van der Waals surface area contributed by atoms with Crippen molar-refractivity contribution in [1.82, 2.24) is 0 Å². The third-order valence-corrected chi connectivity index (χ3v) is 0.631. The zero-order valence-corrected chi connectivity index (χ0v) is 5.13. The van der Waals surface area contributed by atoms with Crippen LogP contribution in [0.2, 0.25) is 0 Å². The predicted octanol–water partition coefficient (Wildman–Crippen LogP) is 0.977. The van der Waals surface area contributed by atoms with Gasteiger partial charge in [0, 0.05) is 6.42 Å². The van der Waals surface area contributed by atoms with Crippen LogP contribution in [0, 0.1) is 11.3 Å². The lowest BCUT2D eigenvalue weighted by molar-refractivity contribution is -0.137. The van der Waals surface area contributed by atoms with Crippen molar-refractivity contribution < 1.29 is 9.53 Å². The highest BCUT2D eigenvalue weighted by atomic mass is 16.5. The minimum Gasteiger partial charge on any atom is -0.434 e. The van der Waals surface area contributed by atoms with Crippen molar-refractivity contribution in [3.8, 4) is 6.07 Å². The third-order valence-electron chi connectivity index (χ3n) is 0.631. The molecule has 3 heteroatoms. The van der Waals surface area contributed by atoms with E-state index in [-0.39, 0.29) is 5.97 Å². The molecule has 0 radical (unpaired) electrons. The van der Waals surface area contributed by atoms with Crippen LogP contribution in [0.3, 0.4) is 0 Å². The van der Waals surface area contributed by atoms with Gasteiger partial charge in [-0.15, -0.1) is 0 Å². The summed E-state index contributed by atoms with van der Waals surface area (Å²) in [7, 11) is 0. The van der Waals surface area contributed by atoms with E-state index >= 15 is 0 Å². The molecule has 3 nitrogen and oxygen atoms in total. The normalized spacial score (nSPS) is 8.89. The molecule has 0 aliphatic rings. The highest BCUT2D eigenvalue weighted by Crippen LogP contribution is 1.83. The second-order valence-electron chi connectivity index (χ2n) is 1.28. The van der Waals surface area contributed by atoms with Gasteiger partial charge >= 0.3 is 5.97 Å². The number of hydrogen-bond donors (Lipinski definition) is 0. The van der Waals surface area contributed by atoms with E-state index < -0.39 is 0 Å². The molecule has 0 aliphatic heterocycles. The summed E-state index contributed by atoms with van der Waals surface area (Å²) in [4.78, 5) is 10.3. The summed E-state index contributed by atoms with van der Waals surface area (Å²) >= 11 is 0. The van der Waals surface area contributed by atoms with E-state index in [2.05, 4.69) is 4.74 Å². The van der Waals surface area contributed by atoms with Crippen molar-refractivity contribution in [2.24, 2.45) is 0 Å². The van der Waals surface area contributed by atoms with Crippen LogP contribution in [0.1, 0.15) is 13.3 Å². The van der Waals surface area contributed by atoms with Crippen LogP contribution in [0.5, 0.6) is 0 Å². The third kappa shape index (κ3) is 4.56. The number of rotatable bonds is 2. The Labute approximate surface area is 53.5 Å². The average molecular weight is 125 g/mol. The van der Waals surface area contributed by atoms with E-state index in [1.54, 1.807) is 13.0 Å². The molecule has 0 spiro atoms. The van der Waals surface area contributed by atoms with Gasteiger partial charge < -0.3 is 4.74 Å². The molecule has 0 unspecified atom stereocenters. The second kappa shape index (κ2) is 4.85. The standard InChI is InChI=1S/C6H7NO2/c1-2-6(8)9-5-3-4-7/h3,5H,2H2,1H3/b5-3-. The maximum absolute atomic E-state index is 10.3. The largest absolute Gasteiger partial charge is 0.434 e. The Morgan fingerprint density at radius 2 is 2.56 bits per heavy atom. The molecule has 0 saturated carbocycles. The van der Waals surface area contributed by atoms with Gasteiger partial charge in [0.05, 0.1) is 12.1 Å². The van der Waals surface area contributed by atoms with Crippen LogP contribution >= 0.6 is 0 Å². The van der Waals surface area contributed by atoms with Crippen LogP contribution in [0.15, 0.2) is 12.3 Å². The van der Waals surface area contributed by atoms with Crippen molar-refractivity contribution in [1.29, 1.82) is 5.26 Å². The molecule has 48 valence electrons. The molecule has 0 atom stereocenters. The molecule has 0 aliphatic carbocycles. The SMILES string of the molecule is CCC(=O)O/C=C\C#N. The molecule has 0 rings (SSSR count). The molecule has 0 aromatic rings. The molecule has 0 aromatic carbocycles. The van der Waals surface area contributed by atoms with Gasteiger partial charge in [-0.25, -0.2) is 0 Å². The van der Waals surface area contributed by atoms with Crippen LogP contribution in [-0.2, 0) is 9.53 Å². The van der Waals surface area contributed by atoms with Crippen molar-refractivity contribution in [3.05, 3.63) is 12.3 Å². The molecule has 0 amide bonds. The van der Waals surface area contributed by atoms with E-state index in [9.17, 15) is 4.79 Å². The Kier molecular flexibility index (Phi) is 4.15. The van der Waals surface area contributed by atoms with Gasteiger partial charge in [-0.3, -0.25) is 4.79 Å². The lowest BCUT2D eigenvalue weighted by Crippen LogP contribution is -1.94. The van der Waals surface area contributed by atoms with Crippen LogP contribution in [0.4, 0.5) is 0 Å².